The molecular weight excluding hydrogens is 205 g/mol. The molecule has 86 valence electrons. The van der Waals surface area contributed by atoms with Crippen LogP contribution < -0.4 is 5.73 Å². The Balaban J connectivity index is 3.16. The number of nitrogens with two attached hydrogens (primary N) is 1. The molecule has 0 aliphatic heterocycles. The Morgan fingerprint density at radius 2 is 2.19 bits per heavy atom. The Labute approximate surface area is 95.0 Å². The monoisotopic (exact) mass is 221 g/mol. The van der Waals surface area contributed by atoms with Crippen LogP contribution in [0.25, 0.3) is 5.57 Å². The topological polar surface area (TPSA) is 43.1 Å². The van der Waals surface area contributed by atoms with Gasteiger partial charge in [-0.15, -0.1) is 0 Å². The molecule has 0 radical (unpaired) electrons. The van der Waals surface area contributed by atoms with Crippen LogP contribution in [0.15, 0.2) is 18.2 Å². The van der Waals surface area contributed by atoms with Gasteiger partial charge < -0.3 is 5.73 Å². The average Bonchev–Trinajstić information content (AvgIpc) is 2.29. The van der Waals surface area contributed by atoms with E-state index in [4.69, 9.17) is 5.73 Å². The second-order valence-electron chi connectivity index (χ2n) is 3.75. The Hall–Kier alpha value is -1.64. The molecule has 0 bridgehead atoms. The molecule has 1 rings (SSSR count). The van der Waals surface area contributed by atoms with Crippen molar-refractivity contribution in [2.24, 2.45) is 0 Å². The van der Waals surface area contributed by atoms with Crippen LogP contribution in [0, 0.1) is 5.82 Å². The molecule has 0 aromatic heterocycles. The van der Waals surface area contributed by atoms with Gasteiger partial charge in [-0.3, -0.25) is 4.79 Å². The van der Waals surface area contributed by atoms with E-state index in [-0.39, 0.29) is 11.3 Å². The van der Waals surface area contributed by atoms with Crippen molar-refractivity contribution < 1.29 is 9.18 Å². The second kappa shape index (κ2) is 5.45. The molecule has 0 atom stereocenters. The van der Waals surface area contributed by atoms with Gasteiger partial charge in [-0.05, 0) is 36.6 Å². The fraction of sp³-hybridized carbons (Fsp3) is 0.308. The number of benzene rings is 1. The molecule has 0 spiro atoms. The number of carbonyl (C=O) groups excluding carboxylic acids is 1. The number of halogens is 1. The van der Waals surface area contributed by atoms with E-state index in [0.717, 1.165) is 18.4 Å². The number of hydrogen-bond acceptors (Lipinski definition) is 2. The molecule has 1 aromatic carbocycles. The molecule has 0 fully saturated rings. The largest absolute Gasteiger partial charge is 0.396 e. The summed E-state index contributed by atoms with van der Waals surface area (Å²) in [5.41, 5.74) is 7.24. The third-order valence-corrected chi connectivity index (χ3v) is 2.48. The number of hydrogen-bond donors (Lipinski definition) is 1. The molecule has 3 heteroatoms. The molecule has 0 unspecified atom stereocenters. The van der Waals surface area contributed by atoms with E-state index in [1.54, 1.807) is 6.07 Å². The van der Waals surface area contributed by atoms with Crippen LogP contribution in [0.2, 0.25) is 0 Å². The van der Waals surface area contributed by atoms with Gasteiger partial charge in [-0.1, -0.05) is 19.4 Å². The minimum absolute atomic E-state index is 0.0814. The third kappa shape index (κ3) is 2.69. The highest BCUT2D eigenvalue weighted by Gasteiger charge is 2.08. The van der Waals surface area contributed by atoms with Crippen molar-refractivity contribution in [1.29, 1.82) is 0 Å². The molecule has 1 aromatic rings. The maximum atomic E-state index is 13.4. The van der Waals surface area contributed by atoms with Crippen LogP contribution in [0.5, 0.6) is 0 Å². The van der Waals surface area contributed by atoms with E-state index in [0.29, 0.717) is 11.8 Å². The van der Waals surface area contributed by atoms with E-state index in [9.17, 15) is 9.18 Å². The number of carbonyl (C=O) groups is 1. The number of rotatable bonds is 4. The summed E-state index contributed by atoms with van der Waals surface area (Å²) in [6.45, 7) is 3.97. The highest BCUT2D eigenvalue weighted by Crippen LogP contribution is 2.22. The minimum Gasteiger partial charge on any atom is -0.396 e. The van der Waals surface area contributed by atoms with Gasteiger partial charge in [-0.25, -0.2) is 4.39 Å². The SMILES string of the molecule is CCC/C=C(\C)c1cc(F)c(N)c(C=O)c1. The van der Waals surface area contributed by atoms with Crippen LogP contribution >= 0.6 is 0 Å². The number of nitrogen functional groups attached to an aromatic ring is 1. The number of allylic oxidation sites excluding steroid dienone is 2. The number of unbranched alkanes of at least 4 members (excludes halogenated alkanes) is 1. The first-order chi connectivity index (χ1) is 7.60. The van der Waals surface area contributed by atoms with Crippen LogP contribution in [-0.4, -0.2) is 6.29 Å². The summed E-state index contributed by atoms with van der Waals surface area (Å²) >= 11 is 0. The molecule has 0 aliphatic carbocycles. The Bertz CT molecular complexity index is 424. The summed E-state index contributed by atoms with van der Waals surface area (Å²) in [6.07, 6.45) is 4.58. The van der Waals surface area contributed by atoms with Crippen molar-refractivity contribution in [2.45, 2.75) is 26.7 Å². The average molecular weight is 221 g/mol. The van der Waals surface area contributed by atoms with E-state index in [2.05, 4.69) is 6.92 Å². The van der Waals surface area contributed by atoms with Gasteiger partial charge in [0.25, 0.3) is 0 Å². The van der Waals surface area contributed by atoms with Crippen molar-refractivity contribution in [3.63, 3.8) is 0 Å². The van der Waals surface area contributed by atoms with Gasteiger partial charge >= 0.3 is 0 Å². The van der Waals surface area contributed by atoms with Crippen molar-refractivity contribution in [2.75, 3.05) is 5.73 Å². The maximum Gasteiger partial charge on any atom is 0.152 e. The van der Waals surface area contributed by atoms with E-state index in [1.807, 2.05) is 13.0 Å². The lowest BCUT2D eigenvalue weighted by Crippen LogP contribution is -1.98. The van der Waals surface area contributed by atoms with E-state index in [1.165, 1.54) is 6.07 Å². The van der Waals surface area contributed by atoms with E-state index >= 15 is 0 Å². The highest BCUT2D eigenvalue weighted by molar-refractivity contribution is 5.85. The van der Waals surface area contributed by atoms with Crippen molar-refractivity contribution >= 4 is 17.5 Å². The van der Waals surface area contributed by atoms with Gasteiger partial charge in [0.1, 0.15) is 5.82 Å². The van der Waals surface area contributed by atoms with Crippen molar-refractivity contribution in [3.8, 4) is 0 Å². The van der Waals surface area contributed by atoms with Crippen LogP contribution in [0.1, 0.15) is 42.6 Å². The summed E-state index contributed by atoms with van der Waals surface area (Å²) in [7, 11) is 0. The zero-order chi connectivity index (χ0) is 12.1. The van der Waals surface area contributed by atoms with Gasteiger partial charge in [0.15, 0.2) is 6.29 Å². The maximum absolute atomic E-state index is 13.4. The standard InChI is InChI=1S/C13H16FNO/c1-3-4-5-9(2)10-6-11(8-16)13(15)12(14)7-10/h5-8H,3-4,15H2,1-2H3/b9-5+. The first-order valence-electron chi connectivity index (χ1n) is 5.31. The zero-order valence-corrected chi connectivity index (χ0v) is 9.59. The van der Waals surface area contributed by atoms with Crippen molar-refractivity contribution in [1.82, 2.24) is 0 Å². The predicted octanol–water partition coefficient (Wildman–Crippen LogP) is 3.42. The molecule has 16 heavy (non-hydrogen) atoms. The lowest BCUT2D eigenvalue weighted by molar-refractivity contribution is 0.112. The number of aldehydes is 1. The lowest BCUT2D eigenvalue weighted by atomic mass is 10.0. The quantitative estimate of drug-likeness (QED) is 0.625. The second-order valence-corrected chi connectivity index (χ2v) is 3.75. The molecule has 0 amide bonds. The molecule has 0 saturated carbocycles. The molecule has 2 N–H and O–H groups in total. The number of anilines is 1. The molecular formula is C13H16FNO. The van der Waals surface area contributed by atoms with E-state index < -0.39 is 5.82 Å². The minimum atomic E-state index is -0.538. The smallest absolute Gasteiger partial charge is 0.152 e. The fourth-order valence-corrected chi connectivity index (χ4v) is 1.44. The van der Waals surface area contributed by atoms with Crippen LogP contribution in [0.4, 0.5) is 10.1 Å². The fourth-order valence-electron chi connectivity index (χ4n) is 1.44. The first kappa shape index (κ1) is 12.4. The molecule has 0 heterocycles. The Morgan fingerprint density at radius 3 is 2.75 bits per heavy atom. The lowest BCUT2D eigenvalue weighted by Gasteiger charge is -2.06. The normalized spacial score (nSPS) is 11.6. The van der Waals surface area contributed by atoms with Gasteiger partial charge in [0.2, 0.25) is 0 Å². The third-order valence-electron chi connectivity index (χ3n) is 2.48. The molecule has 0 aliphatic rings. The summed E-state index contributed by atoms with van der Waals surface area (Å²) in [6, 6.07) is 2.98. The summed E-state index contributed by atoms with van der Waals surface area (Å²) < 4.78 is 13.4. The summed E-state index contributed by atoms with van der Waals surface area (Å²) in [5.74, 6) is -0.538. The Kier molecular flexibility index (Phi) is 4.23. The molecule has 2 nitrogen and oxygen atoms in total. The summed E-state index contributed by atoms with van der Waals surface area (Å²) in [4.78, 5) is 10.7. The van der Waals surface area contributed by atoms with Crippen LogP contribution in [0.3, 0.4) is 0 Å². The summed E-state index contributed by atoms with van der Waals surface area (Å²) in [5, 5.41) is 0. The first-order valence-corrected chi connectivity index (χ1v) is 5.31. The van der Waals surface area contributed by atoms with Gasteiger partial charge in [0, 0.05) is 5.56 Å². The highest BCUT2D eigenvalue weighted by atomic mass is 19.1. The molecule has 0 saturated heterocycles. The van der Waals surface area contributed by atoms with Gasteiger partial charge in [0.05, 0.1) is 5.69 Å². The van der Waals surface area contributed by atoms with Gasteiger partial charge in [-0.2, -0.15) is 0 Å². The Morgan fingerprint density at radius 1 is 1.50 bits per heavy atom. The zero-order valence-electron chi connectivity index (χ0n) is 9.59. The van der Waals surface area contributed by atoms with Crippen molar-refractivity contribution in [3.05, 3.63) is 35.2 Å². The van der Waals surface area contributed by atoms with Crippen LogP contribution in [-0.2, 0) is 0 Å². The predicted molar refractivity (Wildman–Crippen MR) is 64.8 cm³/mol.